The smallest absolute Gasteiger partial charge is 0.187 e. The van der Waals surface area contributed by atoms with Gasteiger partial charge in [-0.15, -0.1) is 0 Å². The van der Waals surface area contributed by atoms with E-state index in [-0.39, 0.29) is 5.78 Å². The summed E-state index contributed by atoms with van der Waals surface area (Å²) in [5.74, 6) is 0.0553. The topological polar surface area (TPSA) is 20.3 Å². The van der Waals surface area contributed by atoms with E-state index in [1.54, 1.807) is 6.08 Å². The lowest BCUT2D eigenvalue weighted by molar-refractivity contribution is 0.104. The van der Waals surface area contributed by atoms with E-state index in [9.17, 15) is 4.79 Å². The predicted molar refractivity (Wildman–Crippen MR) is 67.4 cm³/mol. The summed E-state index contributed by atoms with van der Waals surface area (Å²) in [4.78, 5) is 13.9. The van der Waals surface area contributed by atoms with Crippen LogP contribution in [-0.4, -0.2) is 23.3 Å². The van der Waals surface area contributed by atoms with Crippen molar-refractivity contribution in [3.63, 3.8) is 0 Å². The number of rotatable bonds is 5. The van der Waals surface area contributed by atoms with Crippen molar-refractivity contribution < 1.29 is 4.79 Å². The lowest BCUT2D eigenvalue weighted by Gasteiger charge is -2.22. The fraction of sp³-hybridized carbons (Fsp3) is 0.357. The molecule has 1 aromatic carbocycles. The number of ketones is 1. The van der Waals surface area contributed by atoms with Crippen molar-refractivity contribution in [2.75, 3.05) is 6.54 Å². The van der Waals surface area contributed by atoms with Crippen LogP contribution in [0.5, 0.6) is 0 Å². The van der Waals surface area contributed by atoms with E-state index in [1.165, 1.54) is 0 Å². The van der Waals surface area contributed by atoms with E-state index in [0.717, 1.165) is 12.1 Å². The number of carbonyl (C=O) groups is 1. The molecule has 0 unspecified atom stereocenters. The summed E-state index contributed by atoms with van der Waals surface area (Å²) in [6.45, 7) is 7.22. The molecule has 0 N–H and O–H groups in total. The van der Waals surface area contributed by atoms with Crippen LogP contribution in [-0.2, 0) is 0 Å². The van der Waals surface area contributed by atoms with Gasteiger partial charge in [0, 0.05) is 30.4 Å². The second-order valence-corrected chi connectivity index (χ2v) is 3.97. The van der Waals surface area contributed by atoms with Crippen molar-refractivity contribution in [1.82, 2.24) is 4.90 Å². The van der Waals surface area contributed by atoms with Crippen LogP contribution < -0.4 is 0 Å². The Labute approximate surface area is 97.6 Å². The number of benzene rings is 1. The Morgan fingerprint density at radius 3 is 2.44 bits per heavy atom. The molecular weight excluding hydrogens is 198 g/mol. The highest BCUT2D eigenvalue weighted by molar-refractivity contribution is 6.04. The quantitative estimate of drug-likeness (QED) is 0.558. The van der Waals surface area contributed by atoms with Crippen molar-refractivity contribution in [3.05, 3.63) is 48.2 Å². The molecule has 0 atom stereocenters. The molecule has 0 aliphatic rings. The van der Waals surface area contributed by atoms with Crippen LogP contribution in [0, 0.1) is 0 Å². The lowest BCUT2D eigenvalue weighted by atomic mass is 10.1. The van der Waals surface area contributed by atoms with E-state index in [1.807, 2.05) is 36.5 Å². The van der Waals surface area contributed by atoms with Gasteiger partial charge in [0.25, 0.3) is 0 Å². The summed E-state index contributed by atoms with van der Waals surface area (Å²) in [6, 6.07) is 9.75. The van der Waals surface area contributed by atoms with E-state index in [2.05, 4.69) is 25.7 Å². The average molecular weight is 217 g/mol. The highest BCUT2D eigenvalue weighted by Gasteiger charge is 2.03. The maximum absolute atomic E-state index is 11.8. The third-order valence-corrected chi connectivity index (χ3v) is 2.50. The van der Waals surface area contributed by atoms with Crippen LogP contribution in [0.25, 0.3) is 0 Å². The number of nitrogens with zero attached hydrogens (tertiary/aromatic N) is 1. The molecule has 2 nitrogen and oxygen atoms in total. The normalized spacial score (nSPS) is 11.0. The van der Waals surface area contributed by atoms with E-state index < -0.39 is 0 Å². The first-order valence-electron chi connectivity index (χ1n) is 5.68. The lowest BCUT2D eigenvalue weighted by Crippen LogP contribution is -2.24. The highest BCUT2D eigenvalue weighted by atomic mass is 16.1. The Bertz CT molecular complexity index is 354. The van der Waals surface area contributed by atoms with E-state index in [4.69, 9.17) is 0 Å². The first-order chi connectivity index (χ1) is 7.65. The fourth-order valence-corrected chi connectivity index (χ4v) is 1.50. The maximum atomic E-state index is 11.8. The molecular formula is C14H19NO. The minimum absolute atomic E-state index is 0.0553. The summed E-state index contributed by atoms with van der Waals surface area (Å²) in [7, 11) is 0. The van der Waals surface area contributed by atoms with Crippen molar-refractivity contribution >= 4 is 5.78 Å². The van der Waals surface area contributed by atoms with Gasteiger partial charge in [0.05, 0.1) is 0 Å². The van der Waals surface area contributed by atoms with Gasteiger partial charge >= 0.3 is 0 Å². The van der Waals surface area contributed by atoms with E-state index >= 15 is 0 Å². The van der Waals surface area contributed by atoms with Crippen molar-refractivity contribution in [2.24, 2.45) is 0 Å². The Balaban J connectivity index is 2.67. The average Bonchev–Trinajstić information content (AvgIpc) is 2.30. The molecule has 0 amide bonds. The number of carbonyl (C=O) groups excluding carboxylic acids is 1. The Morgan fingerprint density at radius 1 is 1.31 bits per heavy atom. The first kappa shape index (κ1) is 12.5. The number of allylic oxidation sites excluding steroid dienone is 1. The molecule has 0 heterocycles. The van der Waals surface area contributed by atoms with Gasteiger partial charge in [0.1, 0.15) is 0 Å². The summed E-state index contributed by atoms with van der Waals surface area (Å²) < 4.78 is 0. The molecule has 0 aromatic heterocycles. The van der Waals surface area contributed by atoms with Crippen LogP contribution in [0.4, 0.5) is 0 Å². The molecule has 16 heavy (non-hydrogen) atoms. The third kappa shape index (κ3) is 3.54. The van der Waals surface area contributed by atoms with Crippen LogP contribution in [0.15, 0.2) is 42.6 Å². The van der Waals surface area contributed by atoms with Gasteiger partial charge in [0.2, 0.25) is 0 Å². The van der Waals surface area contributed by atoms with E-state index in [0.29, 0.717) is 6.04 Å². The molecule has 0 saturated heterocycles. The molecule has 0 spiro atoms. The molecule has 2 heteroatoms. The van der Waals surface area contributed by atoms with Crippen molar-refractivity contribution in [1.29, 1.82) is 0 Å². The molecule has 1 aromatic rings. The first-order valence-corrected chi connectivity index (χ1v) is 5.68. The van der Waals surface area contributed by atoms with Gasteiger partial charge in [-0.2, -0.15) is 0 Å². The van der Waals surface area contributed by atoms with Crippen LogP contribution in [0.1, 0.15) is 31.1 Å². The highest BCUT2D eigenvalue weighted by Crippen LogP contribution is 2.03. The predicted octanol–water partition coefficient (Wildman–Crippen LogP) is 3.11. The van der Waals surface area contributed by atoms with Crippen molar-refractivity contribution in [2.45, 2.75) is 26.8 Å². The largest absolute Gasteiger partial charge is 0.375 e. The molecule has 86 valence electrons. The minimum atomic E-state index is 0.0553. The molecule has 0 aliphatic carbocycles. The summed E-state index contributed by atoms with van der Waals surface area (Å²) in [6.07, 6.45) is 3.51. The van der Waals surface area contributed by atoms with Gasteiger partial charge in [-0.3, -0.25) is 4.79 Å². The Morgan fingerprint density at radius 2 is 1.94 bits per heavy atom. The van der Waals surface area contributed by atoms with Crippen LogP contribution in [0.3, 0.4) is 0 Å². The van der Waals surface area contributed by atoms with Gasteiger partial charge in [-0.25, -0.2) is 0 Å². The summed E-state index contributed by atoms with van der Waals surface area (Å²) in [5, 5.41) is 0. The molecule has 0 saturated carbocycles. The maximum Gasteiger partial charge on any atom is 0.187 e. The number of hydrogen-bond donors (Lipinski definition) is 0. The molecule has 0 bridgehead atoms. The molecule has 1 rings (SSSR count). The van der Waals surface area contributed by atoms with Gasteiger partial charge < -0.3 is 4.90 Å². The molecule has 0 radical (unpaired) electrons. The fourth-order valence-electron chi connectivity index (χ4n) is 1.50. The Kier molecular flexibility index (Phi) is 4.77. The second kappa shape index (κ2) is 6.11. The van der Waals surface area contributed by atoms with Gasteiger partial charge in [-0.1, -0.05) is 30.3 Å². The zero-order chi connectivity index (χ0) is 12.0. The van der Waals surface area contributed by atoms with Crippen molar-refractivity contribution in [3.8, 4) is 0 Å². The Hall–Kier alpha value is -1.57. The second-order valence-electron chi connectivity index (χ2n) is 3.97. The molecule has 0 fully saturated rings. The van der Waals surface area contributed by atoms with Gasteiger partial charge in [-0.05, 0) is 20.8 Å². The standard InChI is InChI=1S/C14H19NO/c1-4-15(12(2)3)11-10-14(16)13-8-6-5-7-9-13/h5-12H,4H2,1-3H3/b11-10+. The zero-order valence-corrected chi connectivity index (χ0v) is 10.2. The zero-order valence-electron chi connectivity index (χ0n) is 10.2. The SMILES string of the molecule is CCN(/C=C/C(=O)c1ccccc1)C(C)C. The summed E-state index contributed by atoms with van der Waals surface area (Å²) >= 11 is 0. The minimum Gasteiger partial charge on any atom is -0.375 e. The number of hydrogen-bond acceptors (Lipinski definition) is 2. The monoisotopic (exact) mass is 217 g/mol. The van der Waals surface area contributed by atoms with Gasteiger partial charge in [0.15, 0.2) is 5.78 Å². The van der Waals surface area contributed by atoms with Crippen LogP contribution >= 0.6 is 0 Å². The van der Waals surface area contributed by atoms with Crippen LogP contribution in [0.2, 0.25) is 0 Å². The third-order valence-electron chi connectivity index (χ3n) is 2.50. The summed E-state index contributed by atoms with van der Waals surface area (Å²) in [5.41, 5.74) is 0.735. The molecule has 0 aliphatic heterocycles.